The minimum Gasteiger partial charge on any atom is -0.366 e. The average molecular weight is 349 g/mol. The summed E-state index contributed by atoms with van der Waals surface area (Å²) < 4.78 is 13.4. The van der Waals surface area contributed by atoms with Crippen molar-refractivity contribution in [3.63, 3.8) is 0 Å². The van der Waals surface area contributed by atoms with Gasteiger partial charge in [0.1, 0.15) is 11.9 Å². The van der Waals surface area contributed by atoms with Gasteiger partial charge >= 0.3 is 0 Å². The highest BCUT2D eigenvalue weighted by atomic mass is 19.1. The fourth-order valence-corrected chi connectivity index (χ4v) is 3.10. The summed E-state index contributed by atoms with van der Waals surface area (Å²) in [4.78, 5) is 35.7. The van der Waals surface area contributed by atoms with Crippen LogP contribution in [0.15, 0.2) is 18.2 Å². The van der Waals surface area contributed by atoms with Crippen molar-refractivity contribution in [3.8, 4) is 0 Å². The van der Waals surface area contributed by atoms with Gasteiger partial charge in [0.05, 0.1) is 11.3 Å². The van der Waals surface area contributed by atoms with E-state index >= 15 is 0 Å². The Kier molecular flexibility index (Phi) is 6.50. The second kappa shape index (κ2) is 8.60. The molecule has 1 aliphatic carbocycles. The van der Waals surface area contributed by atoms with Crippen LogP contribution in [0.5, 0.6) is 0 Å². The lowest BCUT2D eigenvalue weighted by molar-refractivity contribution is -0.127. The highest BCUT2D eigenvalue weighted by Crippen LogP contribution is 2.26. The monoisotopic (exact) mass is 349 g/mol. The normalized spacial score (nSPS) is 16.1. The Hall–Kier alpha value is -2.44. The first-order valence-electron chi connectivity index (χ1n) is 8.56. The van der Waals surface area contributed by atoms with E-state index in [4.69, 9.17) is 5.73 Å². The molecule has 0 spiro atoms. The zero-order valence-electron chi connectivity index (χ0n) is 14.3. The Morgan fingerprint density at radius 3 is 2.56 bits per heavy atom. The van der Waals surface area contributed by atoms with E-state index < -0.39 is 23.7 Å². The maximum atomic E-state index is 13.4. The minimum absolute atomic E-state index is 0.00844. The van der Waals surface area contributed by atoms with Crippen LogP contribution in [-0.2, 0) is 9.59 Å². The lowest BCUT2D eigenvalue weighted by atomic mass is 9.87. The number of nitrogens with two attached hydrogens (primary N) is 1. The van der Waals surface area contributed by atoms with E-state index in [1.54, 1.807) is 0 Å². The first-order chi connectivity index (χ1) is 11.9. The molecule has 0 bridgehead atoms. The first-order valence-corrected chi connectivity index (χ1v) is 8.56. The lowest BCUT2D eigenvalue weighted by Crippen LogP contribution is -2.42. The van der Waals surface area contributed by atoms with Gasteiger partial charge in [-0.25, -0.2) is 4.39 Å². The van der Waals surface area contributed by atoms with E-state index in [0.29, 0.717) is 12.3 Å². The van der Waals surface area contributed by atoms with E-state index in [-0.39, 0.29) is 17.2 Å². The molecule has 6 nitrogen and oxygen atoms in total. The molecule has 1 saturated carbocycles. The molecule has 1 aromatic rings. The molecular weight excluding hydrogens is 325 g/mol. The van der Waals surface area contributed by atoms with Crippen LogP contribution >= 0.6 is 0 Å². The number of amides is 3. The van der Waals surface area contributed by atoms with Crippen LogP contribution in [0, 0.1) is 11.7 Å². The van der Waals surface area contributed by atoms with Crippen LogP contribution in [0.1, 0.15) is 55.8 Å². The largest absolute Gasteiger partial charge is 0.366 e. The average Bonchev–Trinajstić information content (AvgIpc) is 2.55. The van der Waals surface area contributed by atoms with Crippen molar-refractivity contribution in [2.75, 3.05) is 5.32 Å². The van der Waals surface area contributed by atoms with Gasteiger partial charge in [-0.05, 0) is 43.9 Å². The Bertz CT molecular complexity index is 657. The number of primary amides is 1. The molecule has 7 heteroatoms. The molecule has 0 heterocycles. The molecule has 1 fully saturated rings. The minimum atomic E-state index is -0.805. The quantitative estimate of drug-likeness (QED) is 0.734. The Morgan fingerprint density at radius 1 is 1.24 bits per heavy atom. The third-order valence-electron chi connectivity index (χ3n) is 4.47. The summed E-state index contributed by atoms with van der Waals surface area (Å²) in [5.41, 5.74) is 5.22. The van der Waals surface area contributed by atoms with Crippen molar-refractivity contribution in [1.29, 1.82) is 0 Å². The number of carbonyl (C=O) groups is 3. The first kappa shape index (κ1) is 18.9. The molecule has 136 valence electrons. The van der Waals surface area contributed by atoms with E-state index in [1.165, 1.54) is 19.4 Å². The summed E-state index contributed by atoms with van der Waals surface area (Å²) in [6.45, 7) is 1.54. The van der Waals surface area contributed by atoms with E-state index in [0.717, 1.165) is 37.8 Å². The molecule has 2 rings (SSSR count). The number of carbonyl (C=O) groups excluding carboxylic acids is 3. The number of nitrogens with one attached hydrogen (secondary N) is 2. The summed E-state index contributed by atoms with van der Waals surface area (Å²) in [7, 11) is 0. The maximum Gasteiger partial charge on any atom is 0.250 e. The van der Waals surface area contributed by atoms with E-state index in [1.807, 2.05) is 0 Å². The zero-order chi connectivity index (χ0) is 18.4. The third-order valence-corrected chi connectivity index (χ3v) is 4.47. The lowest BCUT2D eigenvalue weighted by Gasteiger charge is -2.22. The molecule has 1 unspecified atom stereocenters. The number of halogens is 1. The van der Waals surface area contributed by atoms with Crippen molar-refractivity contribution in [3.05, 3.63) is 29.6 Å². The van der Waals surface area contributed by atoms with Gasteiger partial charge in [-0.15, -0.1) is 0 Å². The summed E-state index contributed by atoms with van der Waals surface area (Å²) in [5, 5.41) is 5.10. The van der Waals surface area contributed by atoms with Crippen molar-refractivity contribution < 1.29 is 18.8 Å². The highest BCUT2D eigenvalue weighted by Gasteiger charge is 2.21. The molecule has 4 N–H and O–H groups in total. The van der Waals surface area contributed by atoms with Gasteiger partial charge in [0.2, 0.25) is 11.8 Å². The Balaban J connectivity index is 1.92. The summed E-state index contributed by atoms with van der Waals surface area (Å²) in [6, 6.07) is 2.51. The molecule has 3 amide bonds. The van der Waals surface area contributed by atoms with Crippen LogP contribution in [0.25, 0.3) is 0 Å². The van der Waals surface area contributed by atoms with Crippen LogP contribution in [0.4, 0.5) is 10.1 Å². The van der Waals surface area contributed by atoms with Gasteiger partial charge in [0, 0.05) is 6.42 Å². The molecular formula is C18H24FN3O3. The van der Waals surface area contributed by atoms with Gasteiger partial charge in [0.15, 0.2) is 0 Å². The predicted octanol–water partition coefficient (Wildman–Crippen LogP) is 2.34. The van der Waals surface area contributed by atoms with Crippen molar-refractivity contribution >= 4 is 23.4 Å². The van der Waals surface area contributed by atoms with Gasteiger partial charge < -0.3 is 16.4 Å². The van der Waals surface area contributed by atoms with Crippen molar-refractivity contribution in [2.24, 2.45) is 11.7 Å². The molecule has 25 heavy (non-hydrogen) atoms. The topological polar surface area (TPSA) is 101 Å². The molecule has 0 aromatic heterocycles. The van der Waals surface area contributed by atoms with Crippen LogP contribution < -0.4 is 16.4 Å². The number of benzene rings is 1. The van der Waals surface area contributed by atoms with Gasteiger partial charge in [-0.2, -0.15) is 0 Å². The number of hydrogen-bond donors (Lipinski definition) is 3. The van der Waals surface area contributed by atoms with Crippen LogP contribution in [-0.4, -0.2) is 23.8 Å². The van der Waals surface area contributed by atoms with Crippen molar-refractivity contribution in [1.82, 2.24) is 5.32 Å². The number of rotatable bonds is 6. The second-order valence-electron chi connectivity index (χ2n) is 6.54. The van der Waals surface area contributed by atoms with Crippen LogP contribution in [0.2, 0.25) is 0 Å². The van der Waals surface area contributed by atoms with Gasteiger partial charge in [-0.1, -0.05) is 19.3 Å². The summed E-state index contributed by atoms with van der Waals surface area (Å²) in [6.07, 6.45) is 5.99. The zero-order valence-corrected chi connectivity index (χ0v) is 14.3. The Morgan fingerprint density at radius 2 is 1.92 bits per heavy atom. The van der Waals surface area contributed by atoms with E-state index in [9.17, 15) is 18.8 Å². The Labute approximate surface area is 146 Å². The molecule has 1 aliphatic rings. The number of anilines is 1. The van der Waals surface area contributed by atoms with Gasteiger partial charge in [0.25, 0.3) is 5.91 Å². The SMILES string of the molecule is CC(NC(=O)CC1CCCCC1)C(=O)Nc1cc(F)ccc1C(N)=O. The molecule has 1 aromatic carbocycles. The molecule has 0 aliphatic heterocycles. The molecule has 0 saturated heterocycles. The van der Waals surface area contributed by atoms with E-state index in [2.05, 4.69) is 10.6 Å². The standard InChI is InChI=1S/C18H24FN3O3/c1-11(21-16(23)9-12-5-3-2-4-6-12)18(25)22-15-10-13(19)7-8-14(15)17(20)24/h7-8,10-12H,2-6,9H2,1H3,(H2,20,24)(H,21,23)(H,22,25). The van der Waals surface area contributed by atoms with Gasteiger partial charge in [-0.3, -0.25) is 14.4 Å². The third kappa shape index (κ3) is 5.55. The fourth-order valence-electron chi connectivity index (χ4n) is 3.10. The summed E-state index contributed by atoms with van der Waals surface area (Å²) in [5.74, 6) is -1.72. The summed E-state index contributed by atoms with van der Waals surface area (Å²) >= 11 is 0. The maximum absolute atomic E-state index is 13.4. The highest BCUT2D eigenvalue weighted by molar-refractivity contribution is 6.04. The molecule has 1 atom stereocenters. The predicted molar refractivity (Wildman–Crippen MR) is 92.3 cm³/mol. The second-order valence-corrected chi connectivity index (χ2v) is 6.54. The number of hydrogen-bond acceptors (Lipinski definition) is 3. The fraction of sp³-hybridized carbons (Fsp3) is 0.500. The molecule has 0 radical (unpaired) electrons. The van der Waals surface area contributed by atoms with Crippen LogP contribution in [0.3, 0.4) is 0 Å². The van der Waals surface area contributed by atoms with Crippen molar-refractivity contribution in [2.45, 2.75) is 51.5 Å². The smallest absolute Gasteiger partial charge is 0.250 e.